The minimum absolute atomic E-state index is 0.0357. The molecule has 1 heterocycles. The summed E-state index contributed by atoms with van der Waals surface area (Å²) in [6.45, 7) is 2.70. The Morgan fingerprint density at radius 2 is 1.78 bits per heavy atom. The van der Waals surface area contributed by atoms with Gasteiger partial charge in [-0.3, -0.25) is 9.59 Å². The first-order valence-corrected chi connectivity index (χ1v) is 12.7. The Labute approximate surface area is 214 Å². The predicted octanol–water partition coefficient (Wildman–Crippen LogP) is 4.47. The van der Waals surface area contributed by atoms with Crippen molar-refractivity contribution >= 4 is 35.1 Å². The van der Waals surface area contributed by atoms with Gasteiger partial charge in [0.15, 0.2) is 11.9 Å². The van der Waals surface area contributed by atoms with Gasteiger partial charge >= 0.3 is 5.97 Å². The van der Waals surface area contributed by atoms with E-state index in [0.29, 0.717) is 41.5 Å². The van der Waals surface area contributed by atoms with Gasteiger partial charge in [0.05, 0.1) is 18.0 Å². The number of hydrogen-bond acceptors (Lipinski definition) is 6. The van der Waals surface area contributed by atoms with E-state index in [4.69, 9.17) is 9.47 Å². The molecule has 36 heavy (non-hydrogen) atoms. The van der Waals surface area contributed by atoms with Crippen molar-refractivity contribution in [1.82, 2.24) is 0 Å². The second-order valence-corrected chi connectivity index (χ2v) is 9.21. The van der Waals surface area contributed by atoms with Crippen LogP contribution in [0.5, 0.6) is 5.75 Å². The Balaban J connectivity index is 1.40. The Hall–Kier alpha value is -3.62. The largest absolute Gasteiger partial charge is 0.492 e. The Morgan fingerprint density at radius 3 is 2.47 bits per heavy atom. The number of ketones is 1. The van der Waals surface area contributed by atoms with Gasteiger partial charge < -0.3 is 19.5 Å². The number of fused-ring (bicyclic) bond motifs is 1. The highest BCUT2D eigenvalue weighted by Crippen LogP contribution is 2.36. The maximum absolute atomic E-state index is 12.9. The van der Waals surface area contributed by atoms with Crippen molar-refractivity contribution in [2.24, 2.45) is 0 Å². The molecule has 4 rings (SSSR count). The lowest BCUT2D eigenvalue weighted by molar-refractivity contribution is -0.149. The Morgan fingerprint density at radius 1 is 1.03 bits per heavy atom. The summed E-state index contributed by atoms with van der Waals surface area (Å²) in [5.74, 6) is -0.166. The average Bonchev–Trinajstić information content (AvgIpc) is 2.90. The molecule has 0 aliphatic carbocycles. The third kappa shape index (κ3) is 6.13. The smallest absolute Gasteiger partial charge is 0.333 e. The number of thioether (sulfide) groups is 1. The van der Waals surface area contributed by atoms with Crippen LogP contribution in [0.25, 0.3) is 0 Å². The zero-order valence-corrected chi connectivity index (χ0v) is 20.7. The molecule has 0 aromatic heterocycles. The van der Waals surface area contributed by atoms with Crippen molar-refractivity contribution in [3.05, 3.63) is 89.5 Å². The molecule has 0 spiro atoms. The normalized spacial score (nSPS) is 13.7. The number of carboxylic acid groups (broad SMARTS) is 1. The van der Waals surface area contributed by atoms with E-state index in [9.17, 15) is 19.5 Å². The summed E-state index contributed by atoms with van der Waals surface area (Å²) >= 11 is 1.46. The third-order valence-corrected chi connectivity index (χ3v) is 6.82. The number of rotatable bonds is 11. The van der Waals surface area contributed by atoms with Crippen molar-refractivity contribution in [2.75, 3.05) is 30.4 Å². The highest BCUT2D eigenvalue weighted by molar-refractivity contribution is 8.00. The molecular formula is C28H27NO6S. The molecule has 0 radical (unpaired) electrons. The molecule has 8 heteroatoms. The number of carbonyl (C=O) groups is 3. The van der Waals surface area contributed by atoms with Gasteiger partial charge in [0, 0.05) is 29.1 Å². The molecule has 1 unspecified atom stereocenters. The van der Waals surface area contributed by atoms with Gasteiger partial charge in [0.2, 0.25) is 5.91 Å². The lowest BCUT2D eigenvalue weighted by Gasteiger charge is -2.29. The summed E-state index contributed by atoms with van der Waals surface area (Å²) in [5, 5.41) is 9.25. The van der Waals surface area contributed by atoms with Crippen LogP contribution in [0.4, 0.5) is 5.69 Å². The summed E-state index contributed by atoms with van der Waals surface area (Å²) in [5.41, 5.74) is 2.67. The van der Waals surface area contributed by atoms with Crippen molar-refractivity contribution < 1.29 is 29.0 Å². The maximum atomic E-state index is 12.9. The monoisotopic (exact) mass is 505 g/mol. The number of carboxylic acids is 1. The summed E-state index contributed by atoms with van der Waals surface area (Å²) < 4.78 is 11.1. The lowest BCUT2D eigenvalue weighted by atomic mass is 10.0. The topological polar surface area (TPSA) is 93.1 Å². The fourth-order valence-corrected chi connectivity index (χ4v) is 4.87. The SMILES string of the molecule is CCOC(Cc1ccc(OCCN2C(=O)CSc3ccc(C(=O)c4ccccc4)cc32)cc1)C(=O)O. The van der Waals surface area contributed by atoms with Crippen LogP contribution >= 0.6 is 11.8 Å². The highest BCUT2D eigenvalue weighted by atomic mass is 32.2. The van der Waals surface area contributed by atoms with Crippen LogP contribution in [0.2, 0.25) is 0 Å². The molecular weight excluding hydrogens is 478 g/mol. The predicted molar refractivity (Wildman–Crippen MR) is 138 cm³/mol. The van der Waals surface area contributed by atoms with Gasteiger partial charge in [-0.05, 0) is 42.8 Å². The van der Waals surface area contributed by atoms with Crippen LogP contribution in [0.15, 0.2) is 77.7 Å². The molecule has 3 aromatic carbocycles. The van der Waals surface area contributed by atoms with Crippen LogP contribution in [0, 0.1) is 0 Å². The van der Waals surface area contributed by atoms with Gasteiger partial charge in [-0.1, -0.05) is 42.5 Å². The molecule has 186 valence electrons. The van der Waals surface area contributed by atoms with E-state index in [-0.39, 0.29) is 24.7 Å². The Bertz CT molecular complexity index is 1230. The zero-order chi connectivity index (χ0) is 25.5. The van der Waals surface area contributed by atoms with Crippen molar-refractivity contribution in [2.45, 2.75) is 24.3 Å². The van der Waals surface area contributed by atoms with E-state index in [2.05, 4.69) is 0 Å². The summed E-state index contributed by atoms with van der Waals surface area (Å²) in [7, 11) is 0. The zero-order valence-electron chi connectivity index (χ0n) is 19.9. The summed E-state index contributed by atoms with van der Waals surface area (Å²) in [4.78, 5) is 39.5. The van der Waals surface area contributed by atoms with Crippen LogP contribution in [-0.4, -0.2) is 54.4 Å². The highest BCUT2D eigenvalue weighted by Gasteiger charge is 2.26. The first-order valence-electron chi connectivity index (χ1n) is 11.7. The molecule has 1 atom stereocenters. The van der Waals surface area contributed by atoms with Crippen molar-refractivity contribution in [3.63, 3.8) is 0 Å². The van der Waals surface area contributed by atoms with E-state index in [1.807, 2.05) is 36.4 Å². The molecule has 1 aliphatic heterocycles. The van der Waals surface area contributed by atoms with Crippen LogP contribution < -0.4 is 9.64 Å². The second-order valence-electron chi connectivity index (χ2n) is 8.19. The minimum atomic E-state index is -0.990. The number of aliphatic carboxylic acids is 1. The van der Waals surface area contributed by atoms with Gasteiger partial charge in [-0.2, -0.15) is 0 Å². The van der Waals surface area contributed by atoms with Gasteiger partial charge in [-0.15, -0.1) is 11.8 Å². The summed E-state index contributed by atoms with van der Waals surface area (Å²) in [6, 6.07) is 21.7. The van der Waals surface area contributed by atoms with Gasteiger partial charge in [-0.25, -0.2) is 4.79 Å². The fourth-order valence-electron chi connectivity index (χ4n) is 3.95. The van der Waals surface area contributed by atoms with Crippen molar-refractivity contribution in [1.29, 1.82) is 0 Å². The number of ether oxygens (including phenoxy) is 2. The number of amides is 1. The second kappa shape index (κ2) is 11.9. The molecule has 1 N–H and O–H groups in total. The quantitative estimate of drug-likeness (QED) is 0.385. The first-order chi connectivity index (χ1) is 17.5. The first kappa shape index (κ1) is 25.5. The van der Waals surface area contributed by atoms with Crippen LogP contribution in [-0.2, 0) is 20.7 Å². The molecule has 0 saturated heterocycles. The van der Waals surface area contributed by atoms with Gasteiger partial charge in [0.25, 0.3) is 0 Å². The minimum Gasteiger partial charge on any atom is -0.492 e. The lowest BCUT2D eigenvalue weighted by Crippen LogP contribution is -2.38. The standard InChI is InChI=1S/C28H27NO6S/c1-2-34-24(28(32)33)16-19-8-11-22(12-9-19)35-15-14-29-23-17-21(10-13-25(23)36-18-26(29)30)27(31)20-6-4-3-5-7-20/h3-13,17,24H,2,14-16,18H2,1H3,(H,32,33). The average molecular weight is 506 g/mol. The third-order valence-electron chi connectivity index (χ3n) is 5.77. The van der Waals surface area contributed by atoms with Gasteiger partial charge in [0.1, 0.15) is 12.4 Å². The van der Waals surface area contributed by atoms with Crippen LogP contribution in [0.3, 0.4) is 0 Å². The van der Waals surface area contributed by atoms with E-state index in [0.717, 1.165) is 10.5 Å². The van der Waals surface area contributed by atoms with Crippen molar-refractivity contribution in [3.8, 4) is 5.75 Å². The number of anilines is 1. The fraction of sp³-hybridized carbons (Fsp3) is 0.250. The number of nitrogens with zero attached hydrogens (tertiary/aromatic N) is 1. The molecule has 1 amide bonds. The number of hydrogen-bond donors (Lipinski definition) is 1. The van der Waals surface area contributed by atoms with Crippen LogP contribution in [0.1, 0.15) is 28.4 Å². The van der Waals surface area contributed by atoms with E-state index < -0.39 is 12.1 Å². The molecule has 7 nitrogen and oxygen atoms in total. The van der Waals surface area contributed by atoms with E-state index in [1.54, 1.807) is 48.2 Å². The Kier molecular flexibility index (Phi) is 8.40. The van der Waals surface area contributed by atoms with E-state index >= 15 is 0 Å². The summed E-state index contributed by atoms with van der Waals surface area (Å²) in [6.07, 6.45) is -0.618. The molecule has 1 aliphatic rings. The molecule has 0 fully saturated rings. The molecule has 0 saturated carbocycles. The number of benzene rings is 3. The molecule has 3 aromatic rings. The number of carbonyl (C=O) groups excluding carboxylic acids is 2. The van der Waals surface area contributed by atoms with E-state index in [1.165, 1.54) is 11.8 Å². The molecule has 0 bridgehead atoms. The maximum Gasteiger partial charge on any atom is 0.333 e.